The molecule has 1 atom stereocenters. The maximum Gasteiger partial charge on any atom is 0.325 e. The van der Waals surface area contributed by atoms with Gasteiger partial charge in [-0.05, 0) is 33.3 Å². The van der Waals surface area contributed by atoms with Gasteiger partial charge in [0.15, 0.2) is 0 Å². The first-order valence-corrected chi connectivity index (χ1v) is 6.86. The molecule has 5 nitrogen and oxygen atoms in total. The lowest BCUT2D eigenvalue weighted by Gasteiger charge is -2.24. The Kier molecular flexibility index (Phi) is 3.95. The third-order valence-electron chi connectivity index (χ3n) is 3.69. The third-order valence-corrected chi connectivity index (χ3v) is 3.69. The highest BCUT2D eigenvalue weighted by Gasteiger charge is 2.50. The van der Waals surface area contributed by atoms with E-state index in [-0.39, 0.29) is 18.5 Å². The van der Waals surface area contributed by atoms with E-state index in [1.807, 2.05) is 0 Å². The van der Waals surface area contributed by atoms with Gasteiger partial charge in [-0.3, -0.25) is 9.69 Å². The number of halogens is 2. The van der Waals surface area contributed by atoms with E-state index in [1.54, 1.807) is 13.8 Å². The Morgan fingerprint density at radius 3 is 2.50 bits per heavy atom. The number of hydrogen-bond acceptors (Lipinski definition) is 3. The van der Waals surface area contributed by atoms with Gasteiger partial charge in [-0.2, -0.15) is 0 Å². The zero-order chi connectivity index (χ0) is 16.7. The number of nitrogens with zero attached hydrogens (tertiary/aromatic N) is 1. The maximum atomic E-state index is 13.9. The van der Waals surface area contributed by atoms with E-state index < -0.39 is 34.7 Å². The predicted molar refractivity (Wildman–Crippen MR) is 74.9 cm³/mol. The molecule has 2 rings (SSSR count). The summed E-state index contributed by atoms with van der Waals surface area (Å²) in [5, 5.41) is 12.1. The Morgan fingerprint density at radius 2 is 1.95 bits per heavy atom. The molecule has 1 aromatic rings. The number of hydrogen-bond donors (Lipinski definition) is 2. The van der Waals surface area contributed by atoms with E-state index in [4.69, 9.17) is 0 Å². The molecule has 0 saturated carbocycles. The van der Waals surface area contributed by atoms with Crippen LogP contribution < -0.4 is 5.32 Å². The lowest BCUT2D eigenvalue weighted by Crippen LogP contribution is -2.42. The van der Waals surface area contributed by atoms with Crippen LogP contribution in [0.2, 0.25) is 0 Å². The molecule has 22 heavy (non-hydrogen) atoms. The zero-order valence-electron chi connectivity index (χ0n) is 12.6. The molecular weight excluding hydrogens is 294 g/mol. The van der Waals surface area contributed by atoms with Crippen LogP contribution in [0.3, 0.4) is 0 Å². The van der Waals surface area contributed by atoms with E-state index in [0.29, 0.717) is 6.07 Å². The number of urea groups is 1. The van der Waals surface area contributed by atoms with E-state index in [0.717, 1.165) is 17.0 Å². The van der Waals surface area contributed by atoms with Gasteiger partial charge in [-0.25, -0.2) is 13.6 Å². The van der Waals surface area contributed by atoms with Crippen LogP contribution in [-0.2, 0) is 10.3 Å². The second-order valence-corrected chi connectivity index (χ2v) is 6.20. The van der Waals surface area contributed by atoms with Gasteiger partial charge >= 0.3 is 6.03 Å². The topological polar surface area (TPSA) is 69.6 Å². The molecule has 1 unspecified atom stereocenters. The molecule has 0 aromatic heterocycles. The lowest BCUT2D eigenvalue weighted by molar-refractivity contribution is -0.131. The number of nitrogens with one attached hydrogen (secondary N) is 1. The van der Waals surface area contributed by atoms with Crippen LogP contribution in [0, 0.1) is 11.6 Å². The Hall–Kier alpha value is -2.02. The third kappa shape index (κ3) is 2.94. The van der Waals surface area contributed by atoms with Crippen LogP contribution in [0.15, 0.2) is 18.2 Å². The average molecular weight is 312 g/mol. The maximum absolute atomic E-state index is 13.9. The monoisotopic (exact) mass is 312 g/mol. The highest BCUT2D eigenvalue weighted by atomic mass is 19.1. The molecule has 1 aromatic carbocycles. The number of imide groups is 1. The first kappa shape index (κ1) is 16.4. The highest BCUT2D eigenvalue weighted by Crippen LogP contribution is 2.31. The molecule has 1 aliphatic heterocycles. The molecule has 120 valence electrons. The number of aliphatic hydroxyl groups is 1. The van der Waals surface area contributed by atoms with Crippen LogP contribution in [0.4, 0.5) is 13.6 Å². The number of carbonyl (C=O) groups excluding carboxylic acids is 2. The van der Waals surface area contributed by atoms with E-state index >= 15 is 0 Å². The first-order chi connectivity index (χ1) is 10.0. The smallest absolute Gasteiger partial charge is 0.325 e. The van der Waals surface area contributed by atoms with Crippen LogP contribution in [-0.4, -0.2) is 34.1 Å². The summed E-state index contributed by atoms with van der Waals surface area (Å²) in [7, 11) is 0. The van der Waals surface area contributed by atoms with Crippen LogP contribution >= 0.6 is 0 Å². The van der Waals surface area contributed by atoms with Gasteiger partial charge in [0.25, 0.3) is 5.91 Å². The van der Waals surface area contributed by atoms with Crippen molar-refractivity contribution >= 4 is 11.9 Å². The van der Waals surface area contributed by atoms with Crippen molar-refractivity contribution in [3.05, 3.63) is 35.4 Å². The highest BCUT2D eigenvalue weighted by molar-refractivity contribution is 6.07. The molecule has 2 N–H and O–H groups in total. The minimum atomic E-state index is -1.59. The minimum absolute atomic E-state index is 0.00652. The van der Waals surface area contributed by atoms with Crippen LogP contribution in [0.1, 0.15) is 32.8 Å². The molecule has 1 fully saturated rings. The fraction of sp³-hybridized carbons (Fsp3) is 0.467. The zero-order valence-corrected chi connectivity index (χ0v) is 12.6. The molecule has 7 heteroatoms. The molecule has 1 aliphatic rings. The average Bonchev–Trinajstić information content (AvgIpc) is 2.57. The largest absolute Gasteiger partial charge is 0.390 e. The molecular formula is C15H18F2N2O3. The molecule has 1 heterocycles. The standard InChI is InChI=1S/C15H18F2N2O3/c1-14(2,22)6-7-19-12(20)15(3,18-13(19)21)10-5-4-9(16)8-11(10)17/h4-5,8,22H,6-7H2,1-3H3,(H,18,21). The van der Waals surface area contributed by atoms with Gasteiger partial charge in [-0.15, -0.1) is 0 Å². The fourth-order valence-electron chi connectivity index (χ4n) is 2.36. The summed E-state index contributed by atoms with van der Waals surface area (Å²) in [4.78, 5) is 25.4. The van der Waals surface area contributed by atoms with Crippen molar-refractivity contribution in [2.45, 2.75) is 38.3 Å². The van der Waals surface area contributed by atoms with Gasteiger partial charge in [0.2, 0.25) is 0 Å². The van der Waals surface area contributed by atoms with Crippen molar-refractivity contribution in [2.75, 3.05) is 6.54 Å². The Bertz CT molecular complexity index is 628. The Balaban J connectivity index is 2.29. The van der Waals surface area contributed by atoms with E-state index in [1.165, 1.54) is 6.92 Å². The molecule has 0 spiro atoms. The molecule has 3 amide bonds. The summed E-state index contributed by atoms with van der Waals surface area (Å²) in [5.74, 6) is -2.30. The van der Waals surface area contributed by atoms with Gasteiger partial charge in [0, 0.05) is 18.2 Å². The second-order valence-electron chi connectivity index (χ2n) is 6.20. The molecule has 1 saturated heterocycles. The van der Waals surface area contributed by atoms with Crippen LogP contribution in [0.25, 0.3) is 0 Å². The second kappa shape index (κ2) is 5.31. The minimum Gasteiger partial charge on any atom is -0.390 e. The number of benzene rings is 1. The van der Waals surface area contributed by atoms with Gasteiger partial charge in [0.1, 0.15) is 17.2 Å². The predicted octanol–water partition coefficient (Wildman–Crippen LogP) is 1.89. The summed E-state index contributed by atoms with van der Waals surface area (Å²) in [5.41, 5.74) is -2.73. The Labute approximate surface area is 126 Å². The van der Waals surface area contributed by atoms with Gasteiger partial charge < -0.3 is 10.4 Å². The Morgan fingerprint density at radius 1 is 1.32 bits per heavy atom. The number of rotatable bonds is 4. The quantitative estimate of drug-likeness (QED) is 0.834. The normalized spacial score (nSPS) is 22.2. The lowest BCUT2D eigenvalue weighted by atomic mass is 9.91. The summed E-state index contributed by atoms with van der Waals surface area (Å²) in [6.45, 7) is 4.49. The van der Waals surface area contributed by atoms with Crippen molar-refractivity contribution in [1.82, 2.24) is 10.2 Å². The fourth-order valence-corrected chi connectivity index (χ4v) is 2.36. The van der Waals surface area contributed by atoms with E-state index in [2.05, 4.69) is 5.32 Å². The van der Waals surface area contributed by atoms with Crippen LogP contribution in [0.5, 0.6) is 0 Å². The number of amides is 3. The first-order valence-electron chi connectivity index (χ1n) is 6.86. The summed E-state index contributed by atoms with van der Waals surface area (Å²) in [6.07, 6.45) is 0.189. The van der Waals surface area contributed by atoms with E-state index in [9.17, 15) is 23.5 Å². The molecule has 0 bridgehead atoms. The van der Waals surface area contributed by atoms with Crippen molar-refractivity contribution in [2.24, 2.45) is 0 Å². The van der Waals surface area contributed by atoms with Gasteiger partial charge in [-0.1, -0.05) is 6.07 Å². The SMILES string of the molecule is CC(C)(O)CCN1C(=O)NC(C)(c2ccc(F)cc2F)C1=O. The summed E-state index contributed by atoms with van der Waals surface area (Å²) >= 11 is 0. The van der Waals surface area contributed by atoms with Gasteiger partial charge in [0.05, 0.1) is 5.60 Å². The summed E-state index contributed by atoms with van der Waals surface area (Å²) < 4.78 is 27.0. The van der Waals surface area contributed by atoms with Crippen molar-refractivity contribution in [3.8, 4) is 0 Å². The number of carbonyl (C=O) groups is 2. The summed E-state index contributed by atoms with van der Waals surface area (Å²) in [6, 6.07) is 2.17. The van der Waals surface area contributed by atoms with Crippen molar-refractivity contribution < 1.29 is 23.5 Å². The van der Waals surface area contributed by atoms with Crippen molar-refractivity contribution in [1.29, 1.82) is 0 Å². The molecule has 0 aliphatic carbocycles. The molecule has 0 radical (unpaired) electrons. The van der Waals surface area contributed by atoms with Crippen molar-refractivity contribution in [3.63, 3.8) is 0 Å².